The topological polar surface area (TPSA) is 62.3 Å². The van der Waals surface area contributed by atoms with Crippen LogP contribution in [0.4, 0.5) is 4.39 Å². The second-order valence-corrected chi connectivity index (χ2v) is 6.36. The Kier molecular flexibility index (Phi) is 5.61. The van der Waals surface area contributed by atoms with Gasteiger partial charge in [0.1, 0.15) is 5.82 Å². The van der Waals surface area contributed by atoms with E-state index in [4.69, 9.17) is 0 Å². The van der Waals surface area contributed by atoms with Crippen molar-refractivity contribution in [3.63, 3.8) is 0 Å². The molecule has 1 aliphatic rings. The summed E-state index contributed by atoms with van der Waals surface area (Å²) in [6, 6.07) is 9.45. The van der Waals surface area contributed by atoms with Crippen molar-refractivity contribution < 1.29 is 14.0 Å². The molecule has 0 radical (unpaired) electrons. The summed E-state index contributed by atoms with van der Waals surface area (Å²) in [7, 11) is 0. The Labute approximate surface area is 152 Å². The number of pyridine rings is 1. The van der Waals surface area contributed by atoms with E-state index in [0.717, 1.165) is 5.56 Å². The lowest BCUT2D eigenvalue weighted by Crippen LogP contribution is -2.48. The molecule has 1 fully saturated rings. The molecule has 2 amide bonds. The Morgan fingerprint density at radius 3 is 2.69 bits per heavy atom. The van der Waals surface area contributed by atoms with Crippen molar-refractivity contribution in [2.75, 3.05) is 6.54 Å². The number of benzene rings is 1. The Hall–Kier alpha value is -2.76. The lowest BCUT2D eigenvalue weighted by molar-refractivity contribution is -0.143. The van der Waals surface area contributed by atoms with E-state index in [9.17, 15) is 14.0 Å². The zero-order chi connectivity index (χ0) is 18.5. The Balaban J connectivity index is 1.84. The molecule has 1 aliphatic heterocycles. The summed E-state index contributed by atoms with van der Waals surface area (Å²) in [4.78, 5) is 30.7. The summed E-state index contributed by atoms with van der Waals surface area (Å²) < 4.78 is 14.4. The number of carbonyl (C=O) groups excluding carboxylic acids is 2. The van der Waals surface area contributed by atoms with Crippen molar-refractivity contribution in [2.45, 2.75) is 32.4 Å². The molecule has 0 bridgehead atoms. The van der Waals surface area contributed by atoms with Crippen molar-refractivity contribution in [1.82, 2.24) is 15.2 Å². The van der Waals surface area contributed by atoms with E-state index in [1.54, 1.807) is 35.5 Å². The highest BCUT2D eigenvalue weighted by Crippen LogP contribution is 2.37. The van der Waals surface area contributed by atoms with Crippen LogP contribution in [-0.4, -0.2) is 28.2 Å². The van der Waals surface area contributed by atoms with Crippen LogP contribution < -0.4 is 5.32 Å². The highest BCUT2D eigenvalue weighted by molar-refractivity contribution is 5.85. The molecule has 5 nitrogen and oxygen atoms in total. The molecule has 136 valence electrons. The van der Waals surface area contributed by atoms with Crippen LogP contribution in [0, 0.1) is 11.7 Å². The molecule has 2 atom stereocenters. The minimum Gasteiger partial charge on any atom is -0.352 e. The highest BCUT2D eigenvalue weighted by Gasteiger charge is 2.40. The number of piperidine rings is 1. The minimum absolute atomic E-state index is 0.0427. The van der Waals surface area contributed by atoms with Crippen LogP contribution in [0.2, 0.25) is 0 Å². The van der Waals surface area contributed by atoms with E-state index < -0.39 is 17.8 Å². The standard InChI is InChI=1S/C20H22FN3O2/c1-2-24-18(25)8-7-16(19(24)15-5-3-4-6-17(15)21)20(26)23-13-14-9-11-22-12-10-14/h3-6,9-12,16,19H,2,7-8,13H2,1H3,(H,23,26)/t16-,19+/m1/s1. The van der Waals surface area contributed by atoms with E-state index in [-0.39, 0.29) is 11.8 Å². The van der Waals surface area contributed by atoms with Gasteiger partial charge < -0.3 is 10.2 Å². The number of rotatable bonds is 5. The van der Waals surface area contributed by atoms with Gasteiger partial charge in [-0.1, -0.05) is 18.2 Å². The molecule has 26 heavy (non-hydrogen) atoms. The van der Waals surface area contributed by atoms with Gasteiger partial charge in [0.15, 0.2) is 0 Å². The van der Waals surface area contributed by atoms with Gasteiger partial charge in [0.05, 0.1) is 12.0 Å². The van der Waals surface area contributed by atoms with Gasteiger partial charge in [-0.15, -0.1) is 0 Å². The average Bonchev–Trinajstić information content (AvgIpc) is 2.67. The third kappa shape index (κ3) is 3.74. The van der Waals surface area contributed by atoms with Crippen LogP contribution in [0.15, 0.2) is 48.8 Å². The first kappa shape index (κ1) is 18.0. The maximum absolute atomic E-state index is 14.4. The fraction of sp³-hybridized carbons (Fsp3) is 0.350. The maximum atomic E-state index is 14.4. The van der Waals surface area contributed by atoms with E-state index in [1.165, 1.54) is 6.07 Å². The number of hydrogen-bond donors (Lipinski definition) is 1. The summed E-state index contributed by atoms with van der Waals surface area (Å²) in [6.45, 7) is 2.66. The number of halogens is 1. The minimum atomic E-state index is -0.583. The quantitative estimate of drug-likeness (QED) is 0.897. The first-order chi connectivity index (χ1) is 12.6. The highest BCUT2D eigenvalue weighted by atomic mass is 19.1. The van der Waals surface area contributed by atoms with Crippen LogP contribution in [0.25, 0.3) is 0 Å². The van der Waals surface area contributed by atoms with Gasteiger partial charge in [0.2, 0.25) is 11.8 Å². The van der Waals surface area contributed by atoms with Crippen LogP contribution >= 0.6 is 0 Å². The predicted molar refractivity (Wildman–Crippen MR) is 95.3 cm³/mol. The lowest BCUT2D eigenvalue weighted by atomic mass is 9.83. The van der Waals surface area contributed by atoms with Gasteiger partial charge in [0.25, 0.3) is 0 Å². The predicted octanol–water partition coefficient (Wildman–Crippen LogP) is 2.84. The van der Waals surface area contributed by atoms with Crippen LogP contribution in [0.3, 0.4) is 0 Å². The van der Waals surface area contributed by atoms with Crippen molar-refractivity contribution in [3.05, 3.63) is 65.7 Å². The molecule has 0 aliphatic carbocycles. The molecule has 0 spiro atoms. The van der Waals surface area contributed by atoms with Crippen molar-refractivity contribution >= 4 is 11.8 Å². The number of hydrogen-bond acceptors (Lipinski definition) is 3. The fourth-order valence-electron chi connectivity index (χ4n) is 3.52. The number of nitrogens with one attached hydrogen (secondary N) is 1. The van der Waals surface area contributed by atoms with Crippen LogP contribution in [0.5, 0.6) is 0 Å². The van der Waals surface area contributed by atoms with Gasteiger partial charge in [0, 0.05) is 37.5 Å². The third-order valence-corrected chi connectivity index (χ3v) is 4.82. The summed E-state index contributed by atoms with van der Waals surface area (Å²) in [6.07, 6.45) is 4.05. The number of carbonyl (C=O) groups is 2. The van der Waals surface area contributed by atoms with Gasteiger partial charge in [-0.2, -0.15) is 0 Å². The lowest BCUT2D eigenvalue weighted by Gasteiger charge is -2.40. The molecular weight excluding hydrogens is 333 g/mol. The molecule has 0 unspecified atom stereocenters. The van der Waals surface area contributed by atoms with E-state index in [1.807, 2.05) is 19.1 Å². The van der Waals surface area contributed by atoms with Crippen LogP contribution in [0.1, 0.15) is 36.9 Å². The molecule has 2 aromatic rings. The third-order valence-electron chi connectivity index (χ3n) is 4.82. The molecular formula is C20H22FN3O2. The second-order valence-electron chi connectivity index (χ2n) is 6.36. The molecule has 1 aromatic carbocycles. The monoisotopic (exact) mass is 355 g/mol. The first-order valence-corrected chi connectivity index (χ1v) is 8.82. The molecule has 3 rings (SSSR count). The van der Waals surface area contributed by atoms with Crippen molar-refractivity contribution in [3.8, 4) is 0 Å². The molecule has 1 N–H and O–H groups in total. The summed E-state index contributed by atoms with van der Waals surface area (Å²) >= 11 is 0. The smallest absolute Gasteiger partial charge is 0.225 e. The number of nitrogens with zero attached hydrogens (tertiary/aromatic N) is 2. The molecule has 0 saturated carbocycles. The van der Waals surface area contributed by atoms with E-state index >= 15 is 0 Å². The number of aromatic nitrogens is 1. The average molecular weight is 355 g/mol. The van der Waals surface area contributed by atoms with Gasteiger partial charge in [-0.05, 0) is 37.1 Å². The first-order valence-electron chi connectivity index (χ1n) is 8.82. The molecule has 6 heteroatoms. The Morgan fingerprint density at radius 1 is 1.27 bits per heavy atom. The van der Waals surface area contributed by atoms with Gasteiger partial charge in [-0.3, -0.25) is 14.6 Å². The molecule has 1 saturated heterocycles. The summed E-state index contributed by atoms with van der Waals surface area (Å²) in [5.74, 6) is -1.08. The SMILES string of the molecule is CCN1C(=O)CC[C@@H](C(=O)NCc2ccncc2)[C@@H]1c1ccccc1F. The maximum Gasteiger partial charge on any atom is 0.225 e. The van der Waals surface area contributed by atoms with Gasteiger partial charge in [-0.25, -0.2) is 4.39 Å². The largest absolute Gasteiger partial charge is 0.352 e. The van der Waals surface area contributed by atoms with E-state index in [0.29, 0.717) is 31.5 Å². The van der Waals surface area contributed by atoms with Crippen molar-refractivity contribution in [2.24, 2.45) is 5.92 Å². The van der Waals surface area contributed by atoms with Crippen molar-refractivity contribution in [1.29, 1.82) is 0 Å². The molecule has 1 aromatic heterocycles. The zero-order valence-corrected chi connectivity index (χ0v) is 14.7. The summed E-state index contributed by atoms with van der Waals surface area (Å²) in [5.41, 5.74) is 1.33. The Bertz CT molecular complexity index is 782. The van der Waals surface area contributed by atoms with Crippen LogP contribution in [-0.2, 0) is 16.1 Å². The normalized spacial score (nSPS) is 20.1. The number of amides is 2. The Morgan fingerprint density at radius 2 is 2.00 bits per heavy atom. The van der Waals surface area contributed by atoms with E-state index in [2.05, 4.69) is 10.3 Å². The fourth-order valence-corrected chi connectivity index (χ4v) is 3.52. The number of likely N-dealkylation sites (tertiary alicyclic amines) is 1. The van der Waals surface area contributed by atoms with Gasteiger partial charge >= 0.3 is 0 Å². The zero-order valence-electron chi connectivity index (χ0n) is 14.7. The second kappa shape index (κ2) is 8.08. The summed E-state index contributed by atoms with van der Waals surface area (Å²) in [5, 5.41) is 2.92. The molecule has 2 heterocycles.